The molecule has 4 aliphatic carbocycles. The lowest BCUT2D eigenvalue weighted by Gasteiger charge is -2.49. The monoisotopic (exact) mass is 1220 g/mol. The number of ether oxygens (including phenoxy) is 1. The minimum Gasteiger partial charge on any atom is -0.478 e. The normalized spacial score (nSPS) is 28.4. The molecule has 4 aromatic rings. The Bertz CT molecular complexity index is 3960. The van der Waals surface area contributed by atoms with Gasteiger partial charge in [0.25, 0.3) is 47.8 Å². The fraction of sp³-hybridized carbons (Fsp3) is 0.559. The van der Waals surface area contributed by atoms with Crippen molar-refractivity contribution >= 4 is 53.8 Å². The summed E-state index contributed by atoms with van der Waals surface area (Å²) >= 11 is 0. The number of carboxylic acid groups (broad SMARTS) is 1. The summed E-state index contributed by atoms with van der Waals surface area (Å²) in [7, 11) is 0. The van der Waals surface area contributed by atoms with Gasteiger partial charge in [-0.15, -0.1) is 0 Å². The van der Waals surface area contributed by atoms with Crippen molar-refractivity contribution in [3.63, 3.8) is 0 Å². The van der Waals surface area contributed by atoms with Crippen LogP contribution in [0.15, 0.2) is 69.0 Å². The fourth-order valence-electron chi connectivity index (χ4n) is 18.1. The van der Waals surface area contributed by atoms with Gasteiger partial charge in [0.15, 0.2) is 0 Å². The molecule has 3 aromatic carbocycles. The van der Waals surface area contributed by atoms with Crippen molar-refractivity contribution in [1.29, 1.82) is 0 Å². The van der Waals surface area contributed by atoms with Crippen LogP contribution in [0.1, 0.15) is 242 Å². The molecule has 7 atom stereocenters. The van der Waals surface area contributed by atoms with Gasteiger partial charge >= 0.3 is 23.0 Å². The summed E-state index contributed by atoms with van der Waals surface area (Å²) in [6, 6.07) is 10.4. The zero-order chi connectivity index (χ0) is 64.6. The number of aromatic nitrogens is 3. The number of carbonyl (C=O) groups excluding carboxylic acids is 8. The first-order chi connectivity index (χ1) is 41.4. The summed E-state index contributed by atoms with van der Waals surface area (Å²) in [5, 5.41) is 12.9. The molecule has 7 amide bonds. The van der Waals surface area contributed by atoms with Crippen molar-refractivity contribution in [3.8, 4) is 5.75 Å². The number of hydrogen-bond acceptors (Lipinski definition) is 13. The van der Waals surface area contributed by atoms with Crippen LogP contribution in [0.2, 0.25) is 0 Å². The second kappa shape index (κ2) is 21.6. The molecule has 0 spiro atoms. The predicted octanol–water partition coefficient (Wildman–Crippen LogP) is 8.75. The molecule has 0 saturated heterocycles. The van der Waals surface area contributed by atoms with Gasteiger partial charge in [0.05, 0.1) is 38.9 Å². The van der Waals surface area contributed by atoms with E-state index in [-0.39, 0.29) is 113 Å². The van der Waals surface area contributed by atoms with Gasteiger partial charge in [0.1, 0.15) is 5.75 Å². The second-order valence-electron chi connectivity index (χ2n) is 31.4. The average Bonchev–Trinajstić information content (AvgIpc) is 1.86. The van der Waals surface area contributed by atoms with E-state index in [0.717, 1.165) is 44.3 Å². The number of aromatic carboxylic acids is 1. The van der Waals surface area contributed by atoms with Gasteiger partial charge < -0.3 is 15.2 Å². The Hall–Kier alpha value is -8.10. The highest BCUT2D eigenvalue weighted by molar-refractivity contribution is 6.23. The molecule has 4 saturated carbocycles. The highest BCUT2D eigenvalue weighted by Crippen LogP contribution is 2.53. The van der Waals surface area contributed by atoms with E-state index in [1.807, 2.05) is 62.3 Å². The minimum atomic E-state index is -1.26. The van der Waals surface area contributed by atoms with E-state index in [0.29, 0.717) is 38.5 Å². The number of hydrogen-bond donors (Lipinski definition) is 2. The van der Waals surface area contributed by atoms with Crippen molar-refractivity contribution in [2.24, 2.45) is 37.9 Å². The van der Waals surface area contributed by atoms with Crippen LogP contribution in [0.25, 0.3) is 0 Å². The SMILES string of the molecule is CC1(C)CCCC(NC(=O)c2ccc3c(c2)C(=O)N(C2CC(C)(C)CC(C)(Cn4c(=O)n(CC5(C)CC(N6C(=O)c7ccc(OC=O)cc7C6=O)CC(C)(C)C5)c(=O)n(CC5(C)CC(N6C(=O)c7ccc(C(=O)O)cc7C6=O)CC(C)(C)C5)c4=O)C2)C3=O)C1. The van der Waals surface area contributed by atoms with Gasteiger partial charge in [-0.1, -0.05) is 82.6 Å². The van der Waals surface area contributed by atoms with Gasteiger partial charge in [-0.25, -0.2) is 32.9 Å². The largest absolute Gasteiger partial charge is 0.478 e. The predicted molar refractivity (Wildman–Crippen MR) is 326 cm³/mol. The third-order valence-electron chi connectivity index (χ3n) is 20.3. The van der Waals surface area contributed by atoms with E-state index < -0.39 is 109 Å². The highest BCUT2D eigenvalue weighted by Gasteiger charge is 2.53. The van der Waals surface area contributed by atoms with E-state index in [2.05, 4.69) is 19.2 Å². The van der Waals surface area contributed by atoms with Crippen LogP contribution >= 0.6 is 0 Å². The number of carboxylic acids is 1. The first-order valence-electron chi connectivity index (χ1n) is 31.1. The number of rotatable bonds is 14. The number of amides is 7. The molecule has 7 unspecified atom stereocenters. The molecule has 21 heteroatoms. The molecule has 4 fully saturated rings. The van der Waals surface area contributed by atoms with Gasteiger partial charge in [-0.2, -0.15) is 0 Å². The molecule has 4 heterocycles. The molecule has 2 N–H and O–H groups in total. The van der Waals surface area contributed by atoms with Crippen LogP contribution in [0.3, 0.4) is 0 Å². The smallest absolute Gasteiger partial charge is 0.336 e. The molecule has 7 aliphatic rings. The van der Waals surface area contributed by atoms with E-state index in [1.165, 1.54) is 58.3 Å². The van der Waals surface area contributed by atoms with Gasteiger partial charge in [-0.05, 0) is 170 Å². The zero-order valence-corrected chi connectivity index (χ0v) is 52.8. The van der Waals surface area contributed by atoms with Crippen LogP contribution in [-0.4, -0.2) is 111 Å². The maximum absolute atomic E-state index is 15.7. The van der Waals surface area contributed by atoms with Gasteiger partial charge in [0.2, 0.25) is 0 Å². The third-order valence-corrected chi connectivity index (χ3v) is 20.3. The van der Waals surface area contributed by atoms with Crippen LogP contribution in [-0.2, 0) is 24.4 Å². The van der Waals surface area contributed by atoms with Gasteiger partial charge in [0, 0.05) is 49.4 Å². The lowest BCUT2D eigenvalue weighted by molar-refractivity contribution is -0.120. The van der Waals surface area contributed by atoms with E-state index in [4.69, 9.17) is 4.74 Å². The van der Waals surface area contributed by atoms with Crippen LogP contribution < -0.4 is 27.1 Å². The number of nitrogens with zero attached hydrogens (tertiary/aromatic N) is 6. The Balaban J connectivity index is 0.947. The fourth-order valence-corrected chi connectivity index (χ4v) is 18.1. The van der Waals surface area contributed by atoms with Crippen LogP contribution in [0.5, 0.6) is 5.75 Å². The molecule has 11 rings (SSSR count). The summed E-state index contributed by atoms with van der Waals surface area (Å²) < 4.78 is 8.24. The molecule has 3 aliphatic heterocycles. The Morgan fingerprint density at radius 3 is 1.22 bits per heavy atom. The molecule has 0 bridgehead atoms. The number of nitrogens with one attached hydrogen (secondary N) is 1. The first-order valence-corrected chi connectivity index (χ1v) is 31.1. The Kier molecular flexibility index (Phi) is 15.1. The zero-order valence-electron chi connectivity index (χ0n) is 52.8. The summed E-state index contributed by atoms with van der Waals surface area (Å²) in [5.74, 6) is -4.94. The number of benzene rings is 3. The molecular formula is C68H81N7O14. The number of imide groups is 3. The Morgan fingerprint density at radius 2 is 0.843 bits per heavy atom. The average molecular weight is 1220 g/mol. The Morgan fingerprint density at radius 1 is 0.483 bits per heavy atom. The van der Waals surface area contributed by atoms with Gasteiger partial charge in [-0.3, -0.25) is 53.1 Å². The maximum Gasteiger partial charge on any atom is 0.336 e. The lowest BCUT2D eigenvalue weighted by atomic mass is 9.62. The summed E-state index contributed by atoms with van der Waals surface area (Å²) in [6.07, 6.45) is 6.51. The van der Waals surface area contributed by atoms with Crippen molar-refractivity contribution < 1.29 is 53.0 Å². The molecule has 0 radical (unpaired) electrons. The van der Waals surface area contributed by atoms with Crippen LogP contribution in [0, 0.1) is 37.9 Å². The minimum absolute atomic E-state index is 0.0347. The van der Waals surface area contributed by atoms with Crippen molar-refractivity contribution in [3.05, 3.63) is 131 Å². The lowest BCUT2D eigenvalue weighted by Crippen LogP contribution is -2.60. The summed E-state index contributed by atoms with van der Waals surface area (Å²) in [6.45, 7) is 21.4. The molecule has 472 valence electrons. The highest BCUT2D eigenvalue weighted by atomic mass is 16.5. The van der Waals surface area contributed by atoms with E-state index >= 15 is 14.4 Å². The van der Waals surface area contributed by atoms with Crippen molar-refractivity contribution in [2.75, 3.05) is 0 Å². The molecular weight excluding hydrogens is 1140 g/mol. The number of fused-ring (bicyclic) bond motifs is 3. The van der Waals surface area contributed by atoms with Crippen molar-refractivity contribution in [2.45, 2.75) is 203 Å². The molecule has 21 nitrogen and oxygen atoms in total. The van der Waals surface area contributed by atoms with E-state index in [1.54, 1.807) is 6.07 Å². The Labute approximate surface area is 516 Å². The quantitative estimate of drug-likeness (QED) is 0.0883. The molecule has 89 heavy (non-hydrogen) atoms. The summed E-state index contributed by atoms with van der Waals surface area (Å²) in [4.78, 5) is 174. The second-order valence-corrected chi connectivity index (χ2v) is 31.4. The standard InChI is InChI=1S/C68H81N7O14/c1-62(2)20-12-13-40(24-62)69-51(77)38-14-17-45-48(21-38)55(81)73(52(45)78)41-25-63(3,4)31-66(9,28-41)34-70-59(86)71(35-67(10)29-42(26-64(5,6)32-67)74-53(79)46-18-15-39(58(84)85)22-49(46)56(74)82)61(88)72(60(70)87)36-68(11)30-43(27-65(7,8)33-68)75-54(80)47-19-16-44(89-37-76)23-50(47)57(75)83/h14-19,21-23,37,40-43H,12-13,20,24-36H2,1-11H3,(H,69,77)(H,84,85). The third kappa shape index (κ3) is 11.5. The van der Waals surface area contributed by atoms with E-state index in [9.17, 15) is 48.3 Å². The van der Waals surface area contributed by atoms with Crippen molar-refractivity contribution in [1.82, 2.24) is 33.7 Å². The van der Waals surface area contributed by atoms with Crippen LogP contribution in [0.4, 0.5) is 0 Å². The molecule has 1 aromatic heterocycles. The topological polar surface area (TPSA) is 271 Å². The maximum atomic E-state index is 15.7. The summed E-state index contributed by atoms with van der Waals surface area (Å²) in [5.41, 5.74) is -6.73. The first kappa shape index (κ1) is 62.5. The number of carbonyl (C=O) groups is 9.